The van der Waals surface area contributed by atoms with Gasteiger partial charge in [-0.3, -0.25) is 5.32 Å². The molecule has 3 N–H and O–H groups in total. The molecule has 4 heterocycles. The Labute approximate surface area is 213 Å². The first-order chi connectivity index (χ1) is 17.5. The van der Waals surface area contributed by atoms with Gasteiger partial charge in [-0.1, -0.05) is 35.6 Å². The fourth-order valence-electron chi connectivity index (χ4n) is 4.78. The Hall–Kier alpha value is -3.76. The number of nitrogens with zero attached hydrogens (tertiary/aromatic N) is 6. The summed E-state index contributed by atoms with van der Waals surface area (Å²) in [6, 6.07) is 16.1. The van der Waals surface area contributed by atoms with Gasteiger partial charge in [0.1, 0.15) is 5.82 Å². The minimum atomic E-state index is -0.131. The number of hydrogen-bond acceptors (Lipinski definition) is 8. The molecule has 0 spiro atoms. The second kappa shape index (κ2) is 9.36. The zero-order valence-corrected chi connectivity index (χ0v) is 21.0. The van der Waals surface area contributed by atoms with Crippen LogP contribution in [0.15, 0.2) is 48.5 Å². The highest BCUT2D eigenvalue weighted by atomic mass is 32.1. The largest absolute Gasteiger partial charge is 0.368 e. The van der Waals surface area contributed by atoms with E-state index in [4.69, 9.17) is 5.73 Å². The molecule has 2 aliphatic rings. The van der Waals surface area contributed by atoms with Crippen LogP contribution < -0.4 is 16.0 Å². The smallest absolute Gasteiger partial charge is 0.323 e. The SMILES string of the molecule is CN1CCN(c2cc(-c3ccc4c(c3)CN(C(=O)Nc3nc5ccccc5s3)CC4)nc(N)n2)CC1. The number of thiazole rings is 1. The van der Waals surface area contributed by atoms with E-state index in [0.29, 0.717) is 18.2 Å². The molecule has 184 valence electrons. The lowest BCUT2D eigenvalue weighted by Crippen LogP contribution is -2.44. The number of piperazine rings is 1. The van der Waals surface area contributed by atoms with Crippen molar-refractivity contribution in [3.63, 3.8) is 0 Å². The van der Waals surface area contributed by atoms with Gasteiger partial charge in [0.15, 0.2) is 5.13 Å². The van der Waals surface area contributed by atoms with E-state index in [9.17, 15) is 4.79 Å². The van der Waals surface area contributed by atoms with E-state index < -0.39 is 0 Å². The van der Waals surface area contributed by atoms with Crippen molar-refractivity contribution in [1.82, 2.24) is 24.8 Å². The third kappa shape index (κ3) is 4.57. The number of rotatable bonds is 3. The fraction of sp³-hybridized carbons (Fsp3) is 0.308. The number of carbonyl (C=O) groups excluding carboxylic acids is 1. The molecule has 0 radical (unpaired) electrons. The summed E-state index contributed by atoms with van der Waals surface area (Å²) < 4.78 is 1.06. The average molecular weight is 501 g/mol. The summed E-state index contributed by atoms with van der Waals surface area (Å²) in [5.41, 5.74) is 11.2. The summed E-state index contributed by atoms with van der Waals surface area (Å²) in [5.74, 6) is 1.14. The lowest BCUT2D eigenvalue weighted by Gasteiger charge is -2.33. The highest BCUT2D eigenvalue weighted by molar-refractivity contribution is 7.22. The maximum Gasteiger partial charge on any atom is 0.323 e. The molecule has 9 nitrogen and oxygen atoms in total. The van der Waals surface area contributed by atoms with Crippen molar-refractivity contribution in [2.45, 2.75) is 13.0 Å². The Morgan fingerprint density at radius 1 is 0.972 bits per heavy atom. The predicted octanol–water partition coefficient (Wildman–Crippen LogP) is 3.68. The van der Waals surface area contributed by atoms with Crippen LogP contribution in [-0.2, 0) is 13.0 Å². The van der Waals surface area contributed by atoms with Crippen LogP contribution >= 0.6 is 11.3 Å². The highest BCUT2D eigenvalue weighted by Crippen LogP contribution is 2.29. The summed E-state index contributed by atoms with van der Waals surface area (Å²) in [7, 11) is 2.13. The number of anilines is 3. The standard InChI is InChI=1S/C26H28N8OS/c1-32-10-12-33(13-11-32)23-15-21(28-24(27)30-23)18-7-6-17-8-9-34(16-19(17)14-18)26(35)31-25-29-20-4-2-3-5-22(20)36-25/h2-7,14-15H,8-13,16H2,1H3,(H2,27,28,30)(H,29,31,35). The molecule has 0 atom stereocenters. The van der Waals surface area contributed by atoms with E-state index in [-0.39, 0.29) is 12.0 Å². The molecule has 0 bridgehead atoms. The predicted molar refractivity (Wildman–Crippen MR) is 144 cm³/mol. The number of nitrogens with two attached hydrogens (primary N) is 1. The van der Waals surface area contributed by atoms with E-state index in [0.717, 1.165) is 65.5 Å². The Morgan fingerprint density at radius 2 is 1.81 bits per heavy atom. The number of nitrogen functional groups attached to an aromatic ring is 1. The molecule has 0 aliphatic carbocycles. The van der Waals surface area contributed by atoms with E-state index in [2.05, 4.69) is 55.3 Å². The third-order valence-electron chi connectivity index (χ3n) is 6.87. The van der Waals surface area contributed by atoms with Gasteiger partial charge < -0.3 is 20.4 Å². The zero-order chi connectivity index (χ0) is 24.6. The van der Waals surface area contributed by atoms with Crippen molar-refractivity contribution in [3.8, 4) is 11.3 Å². The number of para-hydroxylation sites is 1. The zero-order valence-electron chi connectivity index (χ0n) is 20.1. The fourth-order valence-corrected chi connectivity index (χ4v) is 5.64. The van der Waals surface area contributed by atoms with Gasteiger partial charge in [-0.15, -0.1) is 0 Å². The number of carbonyl (C=O) groups is 1. The van der Waals surface area contributed by atoms with Crippen molar-refractivity contribution in [1.29, 1.82) is 0 Å². The normalized spacial score (nSPS) is 16.2. The highest BCUT2D eigenvalue weighted by Gasteiger charge is 2.23. The number of hydrogen-bond donors (Lipinski definition) is 2. The van der Waals surface area contributed by atoms with Gasteiger partial charge in [0.25, 0.3) is 0 Å². The first kappa shape index (κ1) is 22.7. The van der Waals surface area contributed by atoms with Crippen molar-refractivity contribution < 1.29 is 4.79 Å². The number of likely N-dealkylation sites (N-methyl/N-ethyl adjacent to an activating group) is 1. The third-order valence-corrected chi connectivity index (χ3v) is 7.82. The molecule has 10 heteroatoms. The number of nitrogens with one attached hydrogen (secondary N) is 1. The number of urea groups is 1. The molecule has 0 unspecified atom stereocenters. The van der Waals surface area contributed by atoms with Crippen molar-refractivity contribution >= 4 is 44.5 Å². The number of benzene rings is 2. The van der Waals surface area contributed by atoms with Crippen molar-refractivity contribution in [2.75, 3.05) is 55.7 Å². The van der Waals surface area contributed by atoms with Crippen LogP contribution in [0.1, 0.15) is 11.1 Å². The summed E-state index contributed by atoms with van der Waals surface area (Å²) in [5, 5.41) is 3.60. The van der Waals surface area contributed by atoms with Crippen LogP contribution in [0.3, 0.4) is 0 Å². The minimum absolute atomic E-state index is 0.131. The van der Waals surface area contributed by atoms with E-state index in [1.54, 1.807) is 0 Å². The second-order valence-corrected chi connectivity index (χ2v) is 10.4. The molecule has 6 rings (SSSR count). The summed E-state index contributed by atoms with van der Waals surface area (Å²) in [4.78, 5) is 33.0. The van der Waals surface area contributed by atoms with Gasteiger partial charge in [-0.2, -0.15) is 4.98 Å². The molecule has 1 fully saturated rings. The molecule has 2 aromatic heterocycles. The first-order valence-electron chi connectivity index (χ1n) is 12.1. The van der Waals surface area contributed by atoms with Gasteiger partial charge in [-0.05, 0) is 42.8 Å². The molecule has 2 aliphatic heterocycles. The number of aromatic nitrogens is 3. The molecular weight excluding hydrogens is 472 g/mol. The van der Waals surface area contributed by atoms with Crippen LogP contribution in [0.2, 0.25) is 0 Å². The topological polar surface area (TPSA) is 104 Å². The van der Waals surface area contributed by atoms with E-state index in [1.807, 2.05) is 35.2 Å². The Bertz CT molecular complexity index is 1400. The van der Waals surface area contributed by atoms with Gasteiger partial charge in [0.05, 0.1) is 15.9 Å². The average Bonchev–Trinajstić information content (AvgIpc) is 3.30. The quantitative estimate of drug-likeness (QED) is 0.442. The molecular formula is C26H28N8OS. The Balaban J connectivity index is 1.20. The lowest BCUT2D eigenvalue weighted by atomic mass is 9.96. The van der Waals surface area contributed by atoms with Crippen LogP contribution in [0.5, 0.6) is 0 Å². The van der Waals surface area contributed by atoms with Gasteiger partial charge >= 0.3 is 6.03 Å². The van der Waals surface area contributed by atoms with Crippen LogP contribution in [-0.4, -0.2) is 70.6 Å². The van der Waals surface area contributed by atoms with Crippen LogP contribution in [0.25, 0.3) is 21.5 Å². The maximum atomic E-state index is 13.0. The maximum absolute atomic E-state index is 13.0. The van der Waals surface area contributed by atoms with E-state index >= 15 is 0 Å². The van der Waals surface area contributed by atoms with Crippen molar-refractivity contribution in [2.24, 2.45) is 0 Å². The molecule has 2 amide bonds. The van der Waals surface area contributed by atoms with Gasteiger partial charge in [-0.25, -0.2) is 14.8 Å². The monoisotopic (exact) mass is 500 g/mol. The minimum Gasteiger partial charge on any atom is -0.368 e. The molecule has 1 saturated heterocycles. The number of fused-ring (bicyclic) bond motifs is 2. The second-order valence-electron chi connectivity index (χ2n) is 9.33. The Kier molecular flexibility index (Phi) is 5.90. The molecule has 4 aromatic rings. The molecule has 0 saturated carbocycles. The summed E-state index contributed by atoms with van der Waals surface area (Å²) >= 11 is 1.49. The first-order valence-corrected chi connectivity index (χ1v) is 13.0. The molecule has 36 heavy (non-hydrogen) atoms. The van der Waals surface area contributed by atoms with Gasteiger partial charge in [0.2, 0.25) is 5.95 Å². The summed E-state index contributed by atoms with van der Waals surface area (Å²) in [6.07, 6.45) is 0.807. The Morgan fingerprint density at radius 3 is 2.64 bits per heavy atom. The van der Waals surface area contributed by atoms with Crippen LogP contribution in [0.4, 0.5) is 21.7 Å². The van der Waals surface area contributed by atoms with E-state index in [1.165, 1.54) is 16.9 Å². The van der Waals surface area contributed by atoms with Crippen LogP contribution in [0, 0.1) is 0 Å². The summed E-state index contributed by atoms with van der Waals surface area (Å²) in [6.45, 7) is 5.01. The molecule has 2 aromatic carbocycles. The van der Waals surface area contributed by atoms with Gasteiger partial charge in [0, 0.05) is 50.9 Å². The lowest BCUT2D eigenvalue weighted by molar-refractivity contribution is 0.206. The number of amides is 2. The van der Waals surface area contributed by atoms with Crippen molar-refractivity contribution in [3.05, 3.63) is 59.7 Å².